The minimum atomic E-state index is -4.43. The molecule has 1 unspecified atom stereocenters. The number of rotatable bonds is 4. The lowest BCUT2D eigenvalue weighted by Gasteiger charge is -2.27. The minimum Gasteiger partial charge on any atom is -0.368 e. The zero-order chi connectivity index (χ0) is 13.1. The van der Waals surface area contributed by atoms with Crippen molar-refractivity contribution in [2.75, 3.05) is 6.54 Å². The molecule has 0 aromatic carbocycles. The van der Waals surface area contributed by atoms with Gasteiger partial charge in [0.25, 0.3) is 0 Å². The van der Waals surface area contributed by atoms with Gasteiger partial charge in [-0.3, -0.25) is 15.1 Å². The molecule has 1 atom stereocenters. The van der Waals surface area contributed by atoms with Crippen LogP contribution in [0.15, 0.2) is 24.4 Å². The van der Waals surface area contributed by atoms with Gasteiger partial charge < -0.3 is 5.73 Å². The van der Waals surface area contributed by atoms with Crippen LogP contribution >= 0.6 is 0 Å². The van der Waals surface area contributed by atoms with Gasteiger partial charge in [-0.25, -0.2) is 0 Å². The number of amides is 1. The van der Waals surface area contributed by atoms with Crippen molar-refractivity contribution in [2.45, 2.75) is 18.6 Å². The molecule has 1 rings (SSSR count). The molecule has 1 amide bonds. The van der Waals surface area contributed by atoms with Gasteiger partial charge in [-0.05, 0) is 19.1 Å². The van der Waals surface area contributed by atoms with Gasteiger partial charge in [0.1, 0.15) is 5.54 Å². The molecule has 0 aliphatic rings. The molecule has 4 nitrogen and oxygen atoms in total. The Hall–Kier alpha value is -1.63. The second-order valence-corrected chi connectivity index (χ2v) is 3.67. The number of nitrogens with one attached hydrogen (secondary N) is 1. The van der Waals surface area contributed by atoms with Gasteiger partial charge in [-0.1, -0.05) is 6.07 Å². The fraction of sp³-hybridized carbons (Fsp3) is 0.400. The number of primary amides is 1. The molecule has 1 aromatic heterocycles. The summed E-state index contributed by atoms with van der Waals surface area (Å²) in [5, 5.41) is 2.09. The van der Waals surface area contributed by atoms with E-state index in [0.29, 0.717) is 0 Å². The van der Waals surface area contributed by atoms with E-state index in [0.717, 1.165) is 0 Å². The number of carbonyl (C=O) groups is 1. The van der Waals surface area contributed by atoms with Gasteiger partial charge in [0.05, 0.1) is 12.2 Å². The van der Waals surface area contributed by atoms with Crippen LogP contribution in [0.3, 0.4) is 0 Å². The molecule has 0 bridgehead atoms. The van der Waals surface area contributed by atoms with E-state index in [-0.39, 0.29) is 5.69 Å². The first kappa shape index (κ1) is 13.4. The third kappa shape index (κ3) is 3.42. The number of nitrogens with zero attached hydrogens (tertiary/aromatic N) is 1. The van der Waals surface area contributed by atoms with Gasteiger partial charge in [0.15, 0.2) is 0 Å². The highest BCUT2D eigenvalue weighted by Gasteiger charge is 2.38. The first-order valence-corrected chi connectivity index (χ1v) is 4.79. The second kappa shape index (κ2) is 4.70. The van der Waals surface area contributed by atoms with Crippen molar-refractivity contribution < 1.29 is 18.0 Å². The number of hydrogen-bond acceptors (Lipinski definition) is 3. The standard InChI is InChI=1S/C10H12F3N3O/c1-9(8(14)17,16-6-10(11,12)13)7-4-2-3-5-15-7/h2-5,16H,6H2,1H3,(H2,14,17). The Labute approximate surface area is 96.0 Å². The van der Waals surface area contributed by atoms with Crippen LogP contribution in [0.25, 0.3) is 0 Å². The van der Waals surface area contributed by atoms with Gasteiger partial charge in [0, 0.05) is 6.20 Å². The van der Waals surface area contributed by atoms with Gasteiger partial charge in [-0.2, -0.15) is 13.2 Å². The van der Waals surface area contributed by atoms with E-state index in [2.05, 4.69) is 10.3 Å². The molecule has 0 radical (unpaired) electrons. The van der Waals surface area contributed by atoms with Crippen LogP contribution in [0.4, 0.5) is 13.2 Å². The Bertz CT molecular complexity index is 394. The maximum absolute atomic E-state index is 12.1. The predicted molar refractivity (Wildman–Crippen MR) is 54.8 cm³/mol. The third-order valence-electron chi connectivity index (χ3n) is 2.31. The number of aromatic nitrogens is 1. The first-order valence-electron chi connectivity index (χ1n) is 4.79. The van der Waals surface area contributed by atoms with Crippen LogP contribution in [0.5, 0.6) is 0 Å². The van der Waals surface area contributed by atoms with Crippen molar-refractivity contribution in [3.8, 4) is 0 Å². The largest absolute Gasteiger partial charge is 0.401 e. The Morgan fingerprint density at radius 2 is 2.12 bits per heavy atom. The number of hydrogen-bond donors (Lipinski definition) is 2. The van der Waals surface area contributed by atoms with Gasteiger partial charge >= 0.3 is 6.18 Å². The lowest BCUT2D eigenvalue weighted by atomic mass is 9.96. The van der Waals surface area contributed by atoms with Crippen molar-refractivity contribution >= 4 is 5.91 Å². The smallest absolute Gasteiger partial charge is 0.368 e. The Morgan fingerprint density at radius 3 is 2.53 bits per heavy atom. The third-order valence-corrected chi connectivity index (χ3v) is 2.31. The van der Waals surface area contributed by atoms with Crippen LogP contribution in [-0.4, -0.2) is 23.6 Å². The van der Waals surface area contributed by atoms with Crippen molar-refractivity contribution in [1.29, 1.82) is 0 Å². The molecule has 0 saturated carbocycles. The molecular formula is C10H12F3N3O. The Morgan fingerprint density at radius 1 is 1.47 bits per heavy atom. The molecule has 3 N–H and O–H groups in total. The average Bonchev–Trinajstić information content (AvgIpc) is 2.26. The van der Waals surface area contributed by atoms with Crippen LogP contribution in [0, 0.1) is 0 Å². The molecule has 7 heteroatoms. The van der Waals surface area contributed by atoms with Gasteiger partial charge in [-0.15, -0.1) is 0 Å². The Balaban J connectivity index is 2.95. The fourth-order valence-corrected chi connectivity index (χ4v) is 1.24. The van der Waals surface area contributed by atoms with Crippen LogP contribution in [-0.2, 0) is 10.3 Å². The van der Waals surface area contributed by atoms with E-state index in [1.807, 2.05) is 0 Å². The molecule has 0 saturated heterocycles. The summed E-state index contributed by atoms with van der Waals surface area (Å²) in [5.41, 5.74) is 3.63. The second-order valence-electron chi connectivity index (χ2n) is 3.67. The van der Waals surface area contributed by atoms with E-state index in [9.17, 15) is 18.0 Å². The predicted octanol–water partition coefficient (Wildman–Crippen LogP) is 0.934. The number of nitrogens with two attached hydrogens (primary N) is 1. The highest BCUT2D eigenvalue weighted by molar-refractivity contribution is 5.85. The molecule has 1 aromatic rings. The van der Waals surface area contributed by atoms with Crippen molar-refractivity contribution in [2.24, 2.45) is 5.73 Å². The van der Waals surface area contributed by atoms with E-state index in [1.165, 1.54) is 19.2 Å². The molecular weight excluding hydrogens is 235 g/mol. The van der Waals surface area contributed by atoms with E-state index in [1.54, 1.807) is 12.1 Å². The van der Waals surface area contributed by atoms with E-state index in [4.69, 9.17) is 5.73 Å². The molecule has 1 heterocycles. The van der Waals surface area contributed by atoms with Crippen molar-refractivity contribution in [3.05, 3.63) is 30.1 Å². The molecule has 94 valence electrons. The monoisotopic (exact) mass is 247 g/mol. The molecule has 0 fully saturated rings. The zero-order valence-electron chi connectivity index (χ0n) is 9.08. The zero-order valence-corrected chi connectivity index (χ0v) is 9.08. The van der Waals surface area contributed by atoms with Crippen molar-refractivity contribution in [3.63, 3.8) is 0 Å². The van der Waals surface area contributed by atoms with Crippen LogP contribution < -0.4 is 11.1 Å². The highest BCUT2D eigenvalue weighted by atomic mass is 19.4. The first-order chi connectivity index (χ1) is 7.76. The number of carbonyl (C=O) groups excluding carboxylic acids is 1. The summed E-state index contributed by atoms with van der Waals surface area (Å²) in [6, 6.07) is 4.60. The van der Waals surface area contributed by atoms with E-state index < -0.39 is 24.2 Å². The summed E-state index contributed by atoms with van der Waals surface area (Å²) < 4.78 is 36.4. The maximum Gasteiger partial charge on any atom is 0.401 e. The summed E-state index contributed by atoms with van der Waals surface area (Å²) in [6.45, 7) is -0.0492. The SMILES string of the molecule is CC(NCC(F)(F)F)(C(N)=O)c1ccccn1. The molecule has 17 heavy (non-hydrogen) atoms. The maximum atomic E-state index is 12.1. The fourth-order valence-electron chi connectivity index (χ4n) is 1.24. The number of halogens is 3. The highest BCUT2D eigenvalue weighted by Crippen LogP contribution is 2.21. The summed E-state index contributed by atoms with van der Waals surface area (Å²) >= 11 is 0. The molecule has 0 spiro atoms. The van der Waals surface area contributed by atoms with Crippen LogP contribution in [0.1, 0.15) is 12.6 Å². The topological polar surface area (TPSA) is 68.0 Å². The number of pyridine rings is 1. The summed E-state index contributed by atoms with van der Waals surface area (Å²) in [7, 11) is 0. The normalized spacial score (nSPS) is 15.3. The van der Waals surface area contributed by atoms with E-state index >= 15 is 0 Å². The molecule has 0 aliphatic heterocycles. The Kier molecular flexibility index (Phi) is 3.72. The quantitative estimate of drug-likeness (QED) is 0.831. The minimum absolute atomic E-state index is 0.150. The summed E-state index contributed by atoms with van der Waals surface area (Å²) in [6.07, 6.45) is -3.04. The average molecular weight is 247 g/mol. The summed E-state index contributed by atoms with van der Waals surface area (Å²) in [5.74, 6) is -0.916. The van der Waals surface area contributed by atoms with Crippen molar-refractivity contribution in [1.82, 2.24) is 10.3 Å². The van der Waals surface area contributed by atoms with Crippen LogP contribution in [0.2, 0.25) is 0 Å². The molecule has 0 aliphatic carbocycles. The lowest BCUT2D eigenvalue weighted by Crippen LogP contribution is -2.53. The summed E-state index contributed by atoms with van der Waals surface area (Å²) in [4.78, 5) is 15.1. The lowest BCUT2D eigenvalue weighted by molar-refractivity contribution is -0.136. The van der Waals surface area contributed by atoms with Gasteiger partial charge in [0.2, 0.25) is 5.91 Å². The number of alkyl halides is 3.